The zero-order chi connectivity index (χ0) is 25.5. The number of benzene rings is 1. The molecule has 1 fully saturated rings. The molecular weight excluding hydrogens is 470 g/mol. The van der Waals surface area contributed by atoms with Gasteiger partial charge in [-0.05, 0) is 37.3 Å². The molecule has 3 aromatic rings. The van der Waals surface area contributed by atoms with Crippen molar-refractivity contribution >= 4 is 35.1 Å². The van der Waals surface area contributed by atoms with E-state index in [4.69, 9.17) is 16.6 Å². The van der Waals surface area contributed by atoms with Crippen LogP contribution in [-0.4, -0.2) is 49.6 Å². The van der Waals surface area contributed by atoms with Crippen LogP contribution in [0.4, 0.5) is 5.82 Å². The van der Waals surface area contributed by atoms with Crippen LogP contribution in [-0.2, 0) is 16.1 Å². The Morgan fingerprint density at radius 1 is 1.26 bits per heavy atom. The highest BCUT2D eigenvalue weighted by Gasteiger charge is 2.38. The molecule has 35 heavy (non-hydrogen) atoms. The average Bonchev–Trinajstić information content (AvgIpc) is 3.45. The molecule has 1 amide bonds. The number of carboxylic acid groups (broad SMARTS) is 1. The first-order valence-corrected chi connectivity index (χ1v) is 12.1. The maximum absolute atomic E-state index is 13.2. The van der Waals surface area contributed by atoms with Gasteiger partial charge in [-0.2, -0.15) is 0 Å². The summed E-state index contributed by atoms with van der Waals surface area (Å²) in [5.41, 5.74) is 0.574. The molecule has 10 heteroatoms. The van der Waals surface area contributed by atoms with Gasteiger partial charge in [0.05, 0.1) is 5.69 Å². The minimum atomic E-state index is -1.07. The molecule has 0 saturated carbocycles. The van der Waals surface area contributed by atoms with Gasteiger partial charge in [0.1, 0.15) is 17.9 Å². The molecule has 9 nitrogen and oxygen atoms in total. The van der Waals surface area contributed by atoms with Gasteiger partial charge in [-0.3, -0.25) is 18.6 Å². The first-order chi connectivity index (χ1) is 16.5. The molecule has 186 valence electrons. The monoisotopic (exact) mass is 499 g/mol. The fourth-order valence-electron chi connectivity index (χ4n) is 4.59. The number of fused-ring (bicyclic) bond motifs is 1. The number of anilines is 1. The molecule has 2 aromatic heterocycles. The number of halogens is 1. The Kier molecular flexibility index (Phi) is 6.64. The highest BCUT2D eigenvalue weighted by atomic mass is 35.5. The van der Waals surface area contributed by atoms with Gasteiger partial charge in [0.25, 0.3) is 5.56 Å². The summed E-state index contributed by atoms with van der Waals surface area (Å²) in [4.78, 5) is 44.7. The number of nitrogens with one attached hydrogen (secondary N) is 1. The fourth-order valence-corrected chi connectivity index (χ4v) is 4.71. The van der Waals surface area contributed by atoms with Crippen LogP contribution in [0, 0.1) is 5.41 Å². The van der Waals surface area contributed by atoms with Crippen LogP contribution in [0.25, 0.3) is 17.0 Å². The minimum Gasteiger partial charge on any atom is -0.480 e. The molecule has 3 heterocycles. The van der Waals surface area contributed by atoms with Crippen LogP contribution < -0.4 is 15.8 Å². The predicted octanol–water partition coefficient (Wildman–Crippen LogP) is 3.42. The topological polar surface area (TPSA) is 109 Å². The normalized spacial score (nSPS) is 17.1. The summed E-state index contributed by atoms with van der Waals surface area (Å²) in [6.45, 7) is 8.38. The number of amides is 1. The number of rotatable bonds is 6. The van der Waals surface area contributed by atoms with Crippen molar-refractivity contribution in [2.45, 2.75) is 59.2 Å². The molecule has 2 atom stereocenters. The summed E-state index contributed by atoms with van der Waals surface area (Å²) in [7, 11) is 0. The number of hydrogen-bond donors (Lipinski definition) is 2. The Balaban J connectivity index is 1.73. The van der Waals surface area contributed by atoms with Crippen molar-refractivity contribution in [3.8, 4) is 11.3 Å². The van der Waals surface area contributed by atoms with E-state index in [0.717, 1.165) is 12.0 Å². The van der Waals surface area contributed by atoms with Gasteiger partial charge >= 0.3 is 5.97 Å². The van der Waals surface area contributed by atoms with Gasteiger partial charge < -0.3 is 15.3 Å². The Bertz CT molecular complexity index is 1320. The van der Waals surface area contributed by atoms with Crippen LogP contribution in [0.3, 0.4) is 0 Å². The number of carbonyl (C=O) groups is 2. The second-order valence-corrected chi connectivity index (χ2v) is 10.3. The lowest BCUT2D eigenvalue weighted by atomic mass is 9.86. The van der Waals surface area contributed by atoms with Crippen LogP contribution in [0.1, 0.15) is 40.5 Å². The average molecular weight is 500 g/mol. The van der Waals surface area contributed by atoms with Gasteiger partial charge in [-0.1, -0.05) is 44.5 Å². The van der Waals surface area contributed by atoms with Crippen LogP contribution in [0.15, 0.2) is 41.3 Å². The lowest BCUT2D eigenvalue weighted by molar-refractivity contribution is -0.145. The second-order valence-electron chi connectivity index (χ2n) is 9.89. The lowest BCUT2D eigenvalue weighted by Crippen LogP contribution is -2.54. The maximum atomic E-state index is 13.2. The van der Waals surface area contributed by atoms with E-state index in [2.05, 4.69) is 5.32 Å². The van der Waals surface area contributed by atoms with E-state index in [1.165, 1.54) is 10.5 Å². The molecular formula is C25H30ClN5O4. The van der Waals surface area contributed by atoms with Gasteiger partial charge in [-0.15, -0.1) is 0 Å². The highest BCUT2D eigenvalue weighted by molar-refractivity contribution is 6.30. The van der Waals surface area contributed by atoms with Crippen LogP contribution in [0.2, 0.25) is 5.02 Å². The van der Waals surface area contributed by atoms with E-state index >= 15 is 0 Å². The number of imidazole rings is 1. The summed E-state index contributed by atoms with van der Waals surface area (Å²) in [6.07, 6.45) is 3.01. The van der Waals surface area contributed by atoms with E-state index in [-0.39, 0.29) is 11.5 Å². The molecule has 0 unspecified atom stereocenters. The fraction of sp³-hybridized carbons (Fsp3) is 0.440. The molecule has 4 rings (SSSR count). The molecule has 1 saturated heterocycles. The third kappa shape index (κ3) is 4.77. The molecule has 1 aromatic carbocycles. The summed E-state index contributed by atoms with van der Waals surface area (Å²) in [5.74, 6) is -0.359. The second kappa shape index (κ2) is 9.37. The third-order valence-corrected chi connectivity index (χ3v) is 6.65. The molecule has 0 radical (unpaired) electrons. The van der Waals surface area contributed by atoms with Crippen LogP contribution >= 0.6 is 11.6 Å². The quantitative estimate of drug-likeness (QED) is 0.538. The number of nitrogens with zero attached hydrogens (tertiary/aromatic N) is 4. The third-order valence-electron chi connectivity index (χ3n) is 6.40. The number of aryl methyl sites for hydroxylation is 1. The first kappa shape index (κ1) is 24.8. The van der Waals surface area contributed by atoms with Gasteiger partial charge in [0.2, 0.25) is 11.7 Å². The largest absolute Gasteiger partial charge is 0.480 e. The summed E-state index contributed by atoms with van der Waals surface area (Å²) >= 11 is 6.01. The molecule has 2 N–H and O–H groups in total. The number of hydrogen-bond acceptors (Lipinski definition) is 5. The summed E-state index contributed by atoms with van der Waals surface area (Å²) < 4.78 is 3.41. The van der Waals surface area contributed by atoms with Crippen molar-refractivity contribution in [3.05, 3.63) is 51.9 Å². The van der Waals surface area contributed by atoms with Crippen molar-refractivity contribution in [2.75, 3.05) is 11.4 Å². The summed E-state index contributed by atoms with van der Waals surface area (Å²) in [6, 6.07) is 7.16. The zero-order valence-corrected chi connectivity index (χ0v) is 21.0. The van der Waals surface area contributed by atoms with Crippen molar-refractivity contribution in [1.82, 2.24) is 19.3 Å². The smallest absolute Gasteiger partial charge is 0.326 e. The van der Waals surface area contributed by atoms with Crippen LogP contribution in [0.5, 0.6) is 0 Å². The van der Waals surface area contributed by atoms with E-state index in [1.807, 2.05) is 28.5 Å². The van der Waals surface area contributed by atoms with Gasteiger partial charge in [0.15, 0.2) is 0 Å². The van der Waals surface area contributed by atoms with E-state index in [0.29, 0.717) is 41.8 Å². The summed E-state index contributed by atoms with van der Waals surface area (Å²) in [5, 5.41) is 13.0. The van der Waals surface area contributed by atoms with Crippen molar-refractivity contribution < 1.29 is 14.7 Å². The van der Waals surface area contributed by atoms with E-state index in [9.17, 15) is 19.5 Å². The maximum Gasteiger partial charge on any atom is 0.326 e. The van der Waals surface area contributed by atoms with E-state index < -0.39 is 23.5 Å². The van der Waals surface area contributed by atoms with Crippen molar-refractivity contribution in [2.24, 2.45) is 5.41 Å². The van der Waals surface area contributed by atoms with Crippen molar-refractivity contribution in [3.63, 3.8) is 0 Å². The minimum absolute atomic E-state index is 0.253. The Hall–Kier alpha value is -3.33. The standard InChI is InChI=1S/C25H30ClN5O4/c1-5-29-19(30-12-6-7-18(30)22(33)28-21(23(34)35)25(2,3)4)13-20(32)31-14-17(27-24(29)31)15-8-10-16(26)11-9-15/h8-11,13-14,18,21H,5-7,12H2,1-4H3,(H,28,33)(H,34,35)/t18-,21+/m0/s1. The van der Waals surface area contributed by atoms with Gasteiger partial charge in [0, 0.05) is 35.9 Å². The lowest BCUT2D eigenvalue weighted by Gasteiger charge is -2.32. The number of carbonyl (C=O) groups excluding carboxylic acids is 1. The Morgan fingerprint density at radius 2 is 1.94 bits per heavy atom. The molecule has 0 spiro atoms. The predicted molar refractivity (Wildman–Crippen MR) is 135 cm³/mol. The molecule has 1 aliphatic heterocycles. The van der Waals surface area contributed by atoms with Crippen molar-refractivity contribution in [1.29, 1.82) is 0 Å². The highest BCUT2D eigenvalue weighted by Crippen LogP contribution is 2.28. The Labute approximate surface area is 208 Å². The number of carboxylic acids is 1. The first-order valence-electron chi connectivity index (χ1n) is 11.7. The molecule has 0 aliphatic carbocycles. The molecule has 0 bridgehead atoms. The molecule has 1 aliphatic rings. The van der Waals surface area contributed by atoms with Gasteiger partial charge in [-0.25, -0.2) is 9.78 Å². The SMILES string of the molecule is CCn1c(N2CCC[C@H]2C(=O)N[C@H](C(=O)O)C(C)(C)C)cc(=O)n2cc(-c3ccc(Cl)cc3)nc12. The number of aromatic nitrogens is 3. The zero-order valence-electron chi connectivity index (χ0n) is 20.3. The Morgan fingerprint density at radius 3 is 2.54 bits per heavy atom. The number of aliphatic carboxylic acids is 1. The van der Waals surface area contributed by atoms with E-state index in [1.54, 1.807) is 39.1 Å².